The van der Waals surface area contributed by atoms with Crippen LogP contribution in [0.2, 0.25) is 0 Å². The van der Waals surface area contributed by atoms with Gasteiger partial charge in [-0.25, -0.2) is 13.2 Å². The van der Waals surface area contributed by atoms with Gasteiger partial charge in [0, 0.05) is 37.4 Å². The Morgan fingerprint density at radius 1 is 1.14 bits per heavy atom. The van der Waals surface area contributed by atoms with Crippen molar-refractivity contribution in [3.8, 4) is 0 Å². The second-order valence-electron chi connectivity index (χ2n) is 5.92. The minimum absolute atomic E-state index is 0.193. The van der Waals surface area contributed by atoms with E-state index < -0.39 is 17.5 Å². The normalized spacial score (nSPS) is 17.4. The summed E-state index contributed by atoms with van der Waals surface area (Å²) in [5, 5.41) is 8.86. The number of hydrogen-bond acceptors (Lipinski definition) is 3. The standard InChI is InChI=1S/C16H23F3N2O/c1-20(5-2-8-22)13-3-6-21(7-4-13)11-12-9-15(18)16(19)10-14(12)17/h9-10,13,22H,2-8,11H2,1H3. The van der Waals surface area contributed by atoms with Crippen LogP contribution in [0.3, 0.4) is 0 Å². The van der Waals surface area contributed by atoms with Gasteiger partial charge in [-0.3, -0.25) is 4.90 Å². The van der Waals surface area contributed by atoms with Crippen molar-refractivity contribution in [2.24, 2.45) is 0 Å². The molecule has 0 bridgehead atoms. The average Bonchev–Trinajstić information content (AvgIpc) is 2.51. The Bertz CT molecular complexity index is 491. The molecule has 0 aliphatic carbocycles. The highest BCUT2D eigenvalue weighted by Gasteiger charge is 2.23. The van der Waals surface area contributed by atoms with E-state index in [1.165, 1.54) is 0 Å². The quantitative estimate of drug-likeness (QED) is 0.816. The van der Waals surface area contributed by atoms with E-state index >= 15 is 0 Å². The zero-order valence-corrected chi connectivity index (χ0v) is 12.9. The molecule has 1 fully saturated rings. The van der Waals surface area contributed by atoms with E-state index in [1.54, 1.807) is 0 Å². The van der Waals surface area contributed by atoms with Crippen LogP contribution in [-0.2, 0) is 6.54 Å². The Hall–Kier alpha value is -1.11. The lowest BCUT2D eigenvalue weighted by Crippen LogP contribution is -2.43. The molecule has 0 spiro atoms. The summed E-state index contributed by atoms with van der Waals surface area (Å²) in [5.41, 5.74) is 0.200. The summed E-state index contributed by atoms with van der Waals surface area (Å²) in [6.07, 6.45) is 2.66. The zero-order chi connectivity index (χ0) is 16.1. The number of aliphatic hydroxyl groups excluding tert-OH is 1. The summed E-state index contributed by atoms with van der Waals surface area (Å²) < 4.78 is 39.8. The molecule has 1 heterocycles. The van der Waals surface area contributed by atoms with Crippen molar-refractivity contribution in [3.63, 3.8) is 0 Å². The van der Waals surface area contributed by atoms with Crippen LogP contribution in [0, 0.1) is 17.5 Å². The van der Waals surface area contributed by atoms with Gasteiger partial charge in [-0.15, -0.1) is 0 Å². The van der Waals surface area contributed by atoms with Gasteiger partial charge in [-0.2, -0.15) is 0 Å². The van der Waals surface area contributed by atoms with Crippen LogP contribution in [0.5, 0.6) is 0 Å². The molecule has 2 rings (SSSR count). The minimum Gasteiger partial charge on any atom is -0.396 e. The van der Waals surface area contributed by atoms with E-state index in [0.717, 1.165) is 45.0 Å². The van der Waals surface area contributed by atoms with Crippen molar-refractivity contribution in [2.45, 2.75) is 31.8 Å². The molecule has 1 N–H and O–H groups in total. The molecule has 0 aromatic heterocycles. The summed E-state index contributed by atoms with van der Waals surface area (Å²) in [6, 6.07) is 2.02. The first-order valence-corrected chi connectivity index (χ1v) is 7.68. The fourth-order valence-electron chi connectivity index (χ4n) is 2.95. The van der Waals surface area contributed by atoms with Crippen LogP contribution in [0.25, 0.3) is 0 Å². The van der Waals surface area contributed by atoms with Crippen molar-refractivity contribution < 1.29 is 18.3 Å². The monoisotopic (exact) mass is 316 g/mol. The molecule has 1 saturated heterocycles. The minimum atomic E-state index is -1.15. The Labute approximate surface area is 129 Å². The highest BCUT2D eigenvalue weighted by Crippen LogP contribution is 2.20. The van der Waals surface area contributed by atoms with Crippen molar-refractivity contribution in [3.05, 3.63) is 35.1 Å². The lowest BCUT2D eigenvalue weighted by Gasteiger charge is -2.36. The number of piperidine rings is 1. The molecule has 22 heavy (non-hydrogen) atoms. The van der Waals surface area contributed by atoms with E-state index in [-0.39, 0.29) is 12.2 Å². The Morgan fingerprint density at radius 2 is 1.77 bits per heavy atom. The van der Waals surface area contributed by atoms with Crippen LogP contribution in [0.4, 0.5) is 13.2 Å². The number of hydrogen-bond donors (Lipinski definition) is 1. The number of nitrogens with zero attached hydrogens (tertiary/aromatic N) is 2. The van der Waals surface area contributed by atoms with Crippen LogP contribution in [0.1, 0.15) is 24.8 Å². The molecular weight excluding hydrogens is 293 g/mol. The van der Waals surface area contributed by atoms with Gasteiger partial charge in [-0.1, -0.05) is 0 Å². The maximum Gasteiger partial charge on any atom is 0.161 e. The number of aliphatic hydroxyl groups is 1. The molecule has 0 unspecified atom stereocenters. The van der Waals surface area contributed by atoms with E-state index in [9.17, 15) is 13.2 Å². The molecule has 0 radical (unpaired) electrons. The van der Waals surface area contributed by atoms with Gasteiger partial charge in [0.15, 0.2) is 11.6 Å². The highest BCUT2D eigenvalue weighted by atomic mass is 19.2. The molecule has 3 nitrogen and oxygen atoms in total. The molecule has 0 atom stereocenters. The molecule has 6 heteroatoms. The summed E-state index contributed by atoms with van der Waals surface area (Å²) in [6.45, 7) is 2.95. The van der Waals surface area contributed by atoms with Crippen LogP contribution >= 0.6 is 0 Å². The van der Waals surface area contributed by atoms with Crippen LogP contribution in [0.15, 0.2) is 12.1 Å². The van der Waals surface area contributed by atoms with Crippen molar-refractivity contribution >= 4 is 0 Å². The van der Waals surface area contributed by atoms with Gasteiger partial charge < -0.3 is 10.0 Å². The second kappa shape index (κ2) is 7.94. The van der Waals surface area contributed by atoms with Crippen molar-refractivity contribution in [2.75, 3.05) is 33.3 Å². The van der Waals surface area contributed by atoms with Gasteiger partial charge in [0.1, 0.15) is 5.82 Å². The van der Waals surface area contributed by atoms with Crippen LogP contribution < -0.4 is 0 Å². The van der Waals surface area contributed by atoms with Gasteiger partial charge in [0.2, 0.25) is 0 Å². The Morgan fingerprint density at radius 3 is 2.41 bits per heavy atom. The van der Waals surface area contributed by atoms with Gasteiger partial charge in [0.05, 0.1) is 0 Å². The molecule has 1 aromatic carbocycles. The first-order chi connectivity index (χ1) is 10.5. The summed E-state index contributed by atoms with van der Waals surface area (Å²) in [5.74, 6) is -2.85. The largest absolute Gasteiger partial charge is 0.396 e. The summed E-state index contributed by atoms with van der Waals surface area (Å²) >= 11 is 0. The average molecular weight is 316 g/mol. The third-order valence-electron chi connectivity index (χ3n) is 4.33. The Kier molecular flexibility index (Phi) is 6.23. The zero-order valence-electron chi connectivity index (χ0n) is 12.9. The third-order valence-corrected chi connectivity index (χ3v) is 4.33. The predicted molar refractivity (Wildman–Crippen MR) is 78.9 cm³/mol. The lowest BCUT2D eigenvalue weighted by atomic mass is 10.0. The topological polar surface area (TPSA) is 26.7 Å². The highest BCUT2D eigenvalue weighted by molar-refractivity contribution is 5.20. The first kappa shape index (κ1) is 17.2. The SMILES string of the molecule is CN(CCCO)C1CCN(Cc2cc(F)c(F)cc2F)CC1. The molecule has 124 valence electrons. The third kappa shape index (κ3) is 4.44. The molecule has 1 aliphatic heterocycles. The van der Waals surface area contributed by atoms with E-state index in [4.69, 9.17) is 5.11 Å². The van der Waals surface area contributed by atoms with Crippen molar-refractivity contribution in [1.82, 2.24) is 9.80 Å². The predicted octanol–water partition coefficient (Wildman–Crippen LogP) is 2.38. The number of benzene rings is 1. The fraction of sp³-hybridized carbons (Fsp3) is 0.625. The number of likely N-dealkylation sites (tertiary alicyclic amines) is 1. The molecule has 1 aromatic rings. The summed E-state index contributed by atoms with van der Waals surface area (Å²) in [7, 11) is 2.05. The van der Waals surface area contributed by atoms with Crippen molar-refractivity contribution in [1.29, 1.82) is 0 Å². The molecule has 0 amide bonds. The van der Waals surface area contributed by atoms with E-state index in [1.807, 2.05) is 7.05 Å². The number of halogens is 3. The maximum atomic E-state index is 13.7. The van der Waals surface area contributed by atoms with Gasteiger partial charge in [0.25, 0.3) is 0 Å². The van der Waals surface area contributed by atoms with Crippen LogP contribution in [-0.4, -0.2) is 54.2 Å². The van der Waals surface area contributed by atoms with E-state index in [0.29, 0.717) is 18.7 Å². The summed E-state index contributed by atoms with van der Waals surface area (Å²) in [4.78, 5) is 4.30. The fourth-order valence-corrected chi connectivity index (χ4v) is 2.95. The molecule has 0 saturated carbocycles. The maximum absolute atomic E-state index is 13.7. The number of rotatable bonds is 6. The Balaban J connectivity index is 1.86. The van der Waals surface area contributed by atoms with Gasteiger partial charge >= 0.3 is 0 Å². The lowest BCUT2D eigenvalue weighted by molar-refractivity contribution is 0.116. The molecule has 1 aliphatic rings. The molecular formula is C16H23F3N2O. The first-order valence-electron chi connectivity index (χ1n) is 7.68. The second-order valence-corrected chi connectivity index (χ2v) is 5.92. The van der Waals surface area contributed by atoms with E-state index in [2.05, 4.69) is 9.80 Å². The smallest absolute Gasteiger partial charge is 0.161 e. The van der Waals surface area contributed by atoms with Gasteiger partial charge in [-0.05, 0) is 45.5 Å².